The molecule has 0 aromatic heterocycles. The minimum atomic E-state index is 0.0994. The molecule has 152 valence electrons. The van der Waals surface area contributed by atoms with Crippen LogP contribution in [0, 0.1) is 0 Å². The molecule has 2 amide bonds. The molecule has 2 aromatic rings. The topological polar surface area (TPSA) is 43.9 Å². The van der Waals surface area contributed by atoms with Gasteiger partial charge in [-0.15, -0.1) is 0 Å². The molecule has 0 N–H and O–H groups in total. The second-order valence-electron chi connectivity index (χ2n) is 7.99. The number of nitrogens with zero attached hydrogens (tertiary/aromatic N) is 3. The number of carbonyl (C=O) groups excluding carboxylic acids is 2. The molecule has 0 bridgehead atoms. The summed E-state index contributed by atoms with van der Waals surface area (Å²) >= 11 is 0. The maximum atomic E-state index is 13.0. The van der Waals surface area contributed by atoms with Crippen LogP contribution >= 0.6 is 0 Å². The summed E-state index contributed by atoms with van der Waals surface area (Å²) in [6.45, 7) is 5.83. The highest BCUT2D eigenvalue weighted by molar-refractivity contribution is 5.94. The van der Waals surface area contributed by atoms with Crippen molar-refractivity contribution in [3.05, 3.63) is 71.3 Å². The molecule has 2 saturated heterocycles. The van der Waals surface area contributed by atoms with E-state index in [9.17, 15) is 9.59 Å². The van der Waals surface area contributed by atoms with Gasteiger partial charge in [-0.1, -0.05) is 42.5 Å². The first-order valence-corrected chi connectivity index (χ1v) is 10.6. The zero-order valence-electron chi connectivity index (χ0n) is 16.9. The maximum Gasteiger partial charge on any atom is 0.253 e. The Morgan fingerprint density at radius 1 is 0.862 bits per heavy atom. The third-order valence-corrected chi connectivity index (χ3v) is 5.94. The minimum absolute atomic E-state index is 0.0994. The fourth-order valence-electron chi connectivity index (χ4n) is 4.18. The second kappa shape index (κ2) is 9.23. The Hall–Kier alpha value is -2.66. The highest BCUT2D eigenvalue weighted by atomic mass is 16.2. The molecule has 0 saturated carbocycles. The number of amides is 2. The lowest BCUT2D eigenvalue weighted by atomic mass is 10.1. The van der Waals surface area contributed by atoms with Crippen LogP contribution in [0.4, 0.5) is 0 Å². The number of carbonyl (C=O) groups is 2. The van der Waals surface area contributed by atoms with Crippen LogP contribution < -0.4 is 0 Å². The van der Waals surface area contributed by atoms with Crippen LogP contribution in [0.1, 0.15) is 34.3 Å². The van der Waals surface area contributed by atoms with Crippen LogP contribution in [-0.2, 0) is 17.8 Å². The first kappa shape index (κ1) is 19.6. The lowest BCUT2D eigenvalue weighted by Crippen LogP contribution is -2.49. The molecule has 2 heterocycles. The quantitative estimate of drug-likeness (QED) is 0.761. The van der Waals surface area contributed by atoms with Crippen molar-refractivity contribution in [3.8, 4) is 0 Å². The van der Waals surface area contributed by atoms with Gasteiger partial charge in [-0.2, -0.15) is 0 Å². The zero-order chi connectivity index (χ0) is 20.1. The van der Waals surface area contributed by atoms with E-state index in [1.165, 1.54) is 5.56 Å². The molecule has 4 rings (SSSR count). The Kier molecular flexibility index (Phi) is 6.25. The van der Waals surface area contributed by atoms with E-state index in [0.717, 1.165) is 63.2 Å². The van der Waals surface area contributed by atoms with Gasteiger partial charge < -0.3 is 9.80 Å². The summed E-state index contributed by atoms with van der Waals surface area (Å²) < 4.78 is 0. The van der Waals surface area contributed by atoms with Crippen molar-refractivity contribution in [2.75, 3.05) is 39.3 Å². The summed E-state index contributed by atoms with van der Waals surface area (Å²) in [5.74, 6) is 0.315. The van der Waals surface area contributed by atoms with Crippen LogP contribution in [0.15, 0.2) is 54.6 Å². The van der Waals surface area contributed by atoms with Crippen molar-refractivity contribution in [2.24, 2.45) is 0 Å². The van der Waals surface area contributed by atoms with Crippen LogP contribution in [0.25, 0.3) is 0 Å². The van der Waals surface area contributed by atoms with E-state index in [-0.39, 0.29) is 11.8 Å². The molecule has 0 unspecified atom stereocenters. The molecule has 0 atom stereocenters. The monoisotopic (exact) mass is 391 g/mol. The van der Waals surface area contributed by atoms with Gasteiger partial charge in [0.2, 0.25) is 5.91 Å². The van der Waals surface area contributed by atoms with E-state index in [4.69, 9.17) is 0 Å². The second-order valence-corrected chi connectivity index (χ2v) is 7.99. The van der Waals surface area contributed by atoms with E-state index in [1.54, 1.807) is 0 Å². The summed E-state index contributed by atoms with van der Waals surface area (Å²) in [5.41, 5.74) is 3.12. The molecule has 0 radical (unpaired) electrons. The number of rotatable bonds is 6. The number of benzene rings is 2. The summed E-state index contributed by atoms with van der Waals surface area (Å²) in [7, 11) is 0. The molecule has 2 aromatic carbocycles. The van der Waals surface area contributed by atoms with Crippen LogP contribution in [0.5, 0.6) is 0 Å². The number of likely N-dealkylation sites (tertiary alicyclic amines) is 1. The molecule has 0 aliphatic carbocycles. The van der Waals surface area contributed by atoms with E-state index in [1.807, 2.05) is 40.1 Å². The average Bonchev–Trinajstić information content (AvgIpc) is 3.17. The van der Waals surface area contributed by atoms with Gasteiger partial charge >= 0.3 is 0 Å². The first-order valence-electron chi connectivity index (χ1n) is 10.6. The van der Waals surface area contributed by atoms with E-state index < -0.39 is 0 Å². The van der Waals surface area contributed by atoms with E-state index >= 15 is 0 Å². The molecule has 0 spiro atoms. The predicted molar refractivity (Wildman–Crippen MR) is 114 cm³/mol. The molecule has 5 nitrogen and oxygen atoms in total. The SMILES string of the molecule is O=C1CCCN1Cc1cccc(C(=O)N2CCN(CCc3ccccc3)CC2)c1. The first-order chi connectivity index (χ1) is 14.2. The standard InChI is InChI=1S/C24H29N3O2/c28-23-10-5-12-27(23)19-21-8-4-9-22(18-21)24(29)26-16-14-25(15-17-26)13-11-20-6-2-1-3-7-20/h1-4,6-9,18H,5,10-17,19H2. The lowest BCUT2D eigenvalue weighted by Gasteiger charge is -2.35. The average molecular weight is 392 g/mol. The van der Waals surface area contributed by atoms with Crippen molar-refractivity contribution in [2.45, 2.75) is 25.8 Å². The molecular weight excluding hydrogens is 362 g/mol. The Bertz CT molecular complexity index is 844. The van der Waals surface area contributed by atoms with E-state index in [0.29, 0.717) is 13.0 Å². The van der Waals surface area contributed by atoms with Crippen LogP contribution in [0.2, 0.25) is 0 Å². The van der Waals surface area contributed by atoms with Gasteiger partial charge in [0.25, 0.3) is 5.91 Å². The number of piperazine rings is 1. The van der Waals surface area contributed by atoms with Crippen molar-refractivity contribution in [3.63, 3.8) is 0 Å². The fourth-order valence-corrected chi connectivity index (χ4v) is 4.18. The van der Waals surface area contributed by atoms with Crippen molar-refractivity contribution in [1.82, 2.24) is 14.7 Å². The van der Waals surface area contributed by atoms with Crippen LogP contribution in [-0.4, -0.2) is 65.8 Å². The van der Waals surface area contributed by atoms with Gasteiger partial charge in [-0.3, -0.25) is 14.5 Å². The Balaban J connectivity index is 1.29. The van der Waals surface area contributed by atoms with Gasteiger partial charge in [0.1, 0.15) is 0 Å². The summed E-state index contributed by atoms with van der Waals surface area (Å²) in [4.78, 5) is 31.1. The largest absolute Gasteiger partial charge is 0.338 e. The van der Waals surface area contributed by atoms with Crippen molar-refractivity contribution >= 4 is 11.8 Å². The molecular formula is C24H29N3O2. The fraction of sp³-hybridized carbons (Fsp3) is 0.417. The lowest BCUT2D eigenvalue weighted by molar-refractivity contribution is -0.128. The van der Waals surface area contributed by atoms with Gasteiger partial charge in [-0.25, -0.2) is 0 Å². The minimum Gasteiger partial charge on any atom is -0.338 e. The normalized spacial score (nSPS) is 17.7. The van der Waals surface area contributed by atoms with Gasteiger partial charge in [0.05, 0.1) is 0 Å². The smallest absolute Gasteiger partial charge is 0.253 e. The maximum absolute atomic E-state index is 13.0. The van der Waals surface area contributed by atoms with Crippen LogP contribution in [0.3, 0.4) is 0 Å². The third kappa shape index (κ3) is 5.04. The Morgan fingerprint density at radius 3 is 2.34 bits per heavy atom. The van der Waals surface area contributed by atoms with Crippen molar-refractivity contribution in [1.29, 1.82) is 0 Å². The highest BCUT2D eigenvalue weighted by Crippen LogP contribution is 2.17. The molecule has 29 heavy (non-hydrogen) atoms. The van der Waals surface area contributed by atoms with Gasteiger partial charge in [0.15, 0.2) is 0 Å². The summed E-state index contributed by atoms with van der Waals surface area (Å²) in [6.07, 6.45) is 2.63. The molecule has 2 aliphatic rings. The number of hydrogen-bond acceptors (Lipinski definition) is 3. The predicted octanol–water partition coefficient (Wildman–Crippen LogP) is 2.81. The van der Waals surface area contributed by atoms with Gasteiger partial charge in [-0.05, 0) is 36.1 Å². The van der Waals surface area contributed by atoms with Gasteiger partial charge in [0, 0.05) is 57.8 Å². The Morgan fingerprint density at radius 2 is 1.62 bits per heavy atom. The summed E-state index contributed by atoms with van der Waals surface area (Å²) in [5, 5.41) is 0. The summed E-state index contributed by atoms with van der Waals surface area (Å²) in [6, 6.07) is 18.3. The Labute approximate surface area is 172 Å². The van der Waals surface area contributed by atoms with Crippen molar-refractivity contribution < 1.29 is 9.59 Å². The molecule has 2 fully saturated rings. The van der Waals surface area contributed by atoms with E-state index in [2.05, 4.69) is 29.2 Å². The third-order valence-electron chi connectivity index (χ3n) is 5.94. The molecule has 5 heteroatoms. The molecule has 2 aliphatic heterocycles. The zero-order valence-corrected chi connectivity index (χ0v) is 16.9. The number of hydrogen-bond donors (Lipinski definition) is 0. The highest BCUT2D eigenvalue weighted by Gasteiger charge is 2.23.